The number of aryl methyl sites for hydroxylation is 1. The van der Waals surface area contributed by atoms with Crippen molar-refractivity contribution in [3.8, 4) is 12.1 Å². The van der Waals surface area contributed by atoms with Gasteiger partial charge in [0, 0.05) is 5.02 Å². The summed E-state index contributed by atoms with van der Waals surface area (Å²) in [6.07, 6.45) is -0.998. The number of halogens is 2. The van der Waals surface area contributed by atoms with Gasteiger partial charge in [0.1, 0.15) is 11.9 Å². The fourth-order valence-corrected chi connectivity index (χ4v) is 3.09. The van der Waals surface area contributed by atoms with E-state index < -0.39 is 29.4 Å². The SMILES string of the molecule is CCOC(=O)NC(=O)C(C#N)=NNc1cc(C)c(C(C#N)c2ccc(F)cc2)c(Cl)c1. The summed E-state index contributed by atoms with van der Waals surface area (Å²) in [7, 11) is 0. The maximum atomic E-state index is 13.2. The molecule has 2 amide bonds. The summed E-state index contributed by atoms with van der Waals surface area (Å²) >= 11 is 6.39. The summed E-state index contributed by atoms with van der Waals surface area (Å²) in [6.45, 7) is 3.35. The first kappa shape index (κ1) is 23.3. The lowest BCUT2D eigenvalue weighted by molar-refractivity contribution is -0.114. The fourth-order valence-electron chi connectivity index (χ4n) is 2.71. The summed E-state index contributed by atoms with van der Waals surface area (Å²) in [5.41, 5.74) is 4.02. The molecule has 0 saturated heterocycles. The Balaban J connectivity index is 2.27. The van der Waals surface area contributed by atoms with Crippen molar-refractivity contribution >= 4 is 35.0 Å². The van der Waals surface area contributed by atoms with E-state index in [1.165, 1.54) is 30.3 Å². The van der Waals surface area contributed by atoms with Crippen molar-refractivity contribution in [2.24, 2.45) is 5.10 Å². The Bertz CT molecular complexity index is 1080. The molecule has 2 rings (SSSR count). The standard InChI is InChI=1S/C21H17ClFN5O3/c1-3-31-21(30)26-20(29)18(11-25)28-27-15-8-12(2)19(17(22)9-15)16(10-24)13-4-6-14(23)7-5-13/h4-9,16,27H,3H2,1-2H3,(H,26,29,30). The molecule has 2 aromatic carbocycles. The van der Waals surface area contributed by atoms with Crippen molar-refractivity contribution < 1.29 is 18.7 Å². The van der Waals surface area contributed by atoms with Crippen LogP contribution < -0.4 is 10.7 Å². The van der Waals surface area contributed by atoms with Crippen molar-refractivity contribution in [2.75, 3.05) is 12.0 Å². The highest BCUT2D eigenvalue weighted by Gasteiger charge is 2.20. The van der Waals surface area contributed by atoms with E-state index in [-0.39, 0.29) is 11.6 Å². The molecule has 0 saturated carbocycles. The van der Waals surface area contributed by atoms with Gasteiger partial charge in [-0.25, -0.2) is 9.18 Å². The van der Waals surface area contributed by atoms with Crippen LogP contribution in [0.2, 0.25) is 5.02 Å². The normalized spacial score (nSPS) is 11.6. The fraction of sp³-hybridized carbons (Fsp3) is 0.190. The van der Waals surface area contributed by atoms with Gasteiger partial charge in [-0.3, -0.25) is 15.5 Å². The average molecular weight is 442 g/mol. The van der Waals surface area contributed by atoms with E-state index in [4.69, 9.17) is 16.9 Å². The molecule has 0 aliphatic carbocycles. The van der Waals surface area contributed by atoms with Gasteiger partial charge in [0.25, 0.3) is 5.91 Å². The van der Waals surface area contributed by atoms with Gasteiger partial charge >= 0.3 is 6.09 Å². The van der Waals surface area contributed by atoms with E-state index in [0.29, 0.717) is 22.4 Å². The molecule has 0 spiro atoms. The van der Waals surface area contributed by atoms with E-state index in [0.717, 1.165) is 0 Å². The second-order valence-electron chi connectivity index (χ2n) is 6.16. The van der Waals surface area contributed by atoms with E-state index in [2.05, 4.69) is 21.3 Å². The molecule has 0 fully saturated rings. The van der Waals surface area contributed by atoms with E-state index in [1.54, 1.807) is 26.0 Å². The predicted molar refractivity (Wildman–Crippen MR) is 112 cm³/mol. The van der Waals surface area contributed by atoms with Crippen LogP contribution in [-0.2, 0) is 9.53 Å². The molecule has 31 heavy (non-hydrogen) atoms. The molecule has 0 heterocycles. The molecule has 1 unspecified atom stereocenters. The summed E-state index contributed by atoms with van der Waals surface area (Å²) < 4.78 is 17.8. The third-order valence-corrected chi connectivity index (χ3v) is 4.38. The first-order chi connectivity index (χ1) is 14.8. The van der Waals surface area contributed by atoms with Crippen molar-refractivity contribution in [1.82, 2.24) is 5.32 Å². The monoisotopic (exact) mass is 441 g/mol. The molecule has 2 N–H and O–H groups in total. The number of ether oxygens (including phenoxy) is 1. The summed E-state index contributed by atoms with van der Waals surface area (Å²) in [5.74, 6) is -2.18. The minimum atomic E-state index is -1.03. The lowest BCUT2D eigenvalue weighted by Crippen LogP contribution is -2.36. The van der Waals surface area contributed by atoms with Crippen LogP contribution in [0.4, 0.5) is 14.9 Å². The number of imide groups is 1. The zero-order chi connectivity index (χ0) is 23.0. The Labute approximate surface area is 182 Å². The third kappa shape index (κ3) is 6.01. The Morgan fingerprint density at radius 2 is 1.94 bits per heavy atom. The lowest BCUT2D eigenvalue weighted by Gasteiger charge is -2.16. The number of nitrogens with zero attached hydrogens (tertiary/aromatic N) is 3. The third-order valence-electron chi connectivity index (χ3n) is 4.07. The molecule has 0 aromatic heterocycles. The molecular weight excluding hydrogens is 425 g/mol. The highest BCUT2D eigenvalue weighted by molar-refractivity contribution is 6.46. The van der Waals surface area contributed by atoms with Gasteiger partial charge in [-0.15, -0.1) is 0 Å². The molecule has 2 aromatic rings. The average Bonchev–Trinajstić information content (AvgIpc) is 2.72. The number of rotatable bonds is 6. The molecule has 0 aliphatic heterocycles. The van der Waals surface area contributed by atoms with Gasteiger partial charge < -0.3 is 4.74 Å². The van der Waals surface area contributed by atoms with Gasteiger partial charge in [-0.05, 0) is 54.8 Å². The zero-order valence-corrected chi connectivity index (χ0v) is 17.3. The lowest BCUT2D eigenvalue weighted by atomic mass is 9.89. The topological polar surface area (TPSA) is 127 Å². The zero-order valence-electron chi connectivity index (χ0n) is 16.6. The highest BCUT2D eigenvalue weighted by Crippen LogP contribution is 2.35. The first-order valence-electron chi connectivity index (χ1n) is 8.97. The van der Waals surface area contributed by atoms with Gasteiger partial charge in [-0.1, -0.05) is 23.7 Å². The van der Waals surface area contributed by atoms with E-state index >= 15 is 0 Å². The minimum Gasteiger partial charge on any atom is -0.450 e. The van der Waals surface area contributed by atoms with Crippen LogP contribution in [0.3, 0.4) is 0 Å². The Morgan fingerprint density at radius 1 is 1.26 bits per heavy atom. The summed E-state index contributed by atoms with van der Waals surface area (Å²) in [5, 5.41) is 24.5. The van der Waals surface area contributed by atoms with E-state index in [1.807, 2.05) is 5.32 Å². The minimum absolute atomic E-state index is 0.0577. The Morgan fingerprint density at radius 3 is 2.48 bits per heavy atom. The second kappa shape index (κ2) is 10.7. The van der Waals surface area contributed by atoms with Crippen LogP contribution in [0, 0.1) is 35.4 Å². The largest absolute Gasteiger partial charge is 0.450 e. The maximum absolute atomic E-state index is 13.2. The van der Waals surface area contributed by atoms with Gasteiger partial charge in [0.2, 0.25) is 5.71 Å². The first-order valence-corrected chi connectivity index (χ1v) is 9.35. The van der Waals surface area contributed by atoms with Gasteiger partial charge in [0.05, 0.1) is 24.3 Å². The number of hydrazone groups is 1. The molecule has 0 bridgehead atoms. The number of carbonyl (C=O) groups is 2. The van der Waals surface area contributed by atoms with Crippen molar-refractivity contribution in [1.29, 1.82) is 10.5 Å². The van der Waals surface area contributed by atoms with Crippen molar-refractivity contribution in [2.45, 2.75) is 19.8 Å². The molecule has 0 aliphatic rings. The summed E-state index contributed by atoms with van der Waals surface area (Å²) in [6, 6.07) is 12.4. The summed E-state index contributed by atoms with van der Waals surface area (Å²) in [4.78, 5) is 23.2. The maximum Gasteiger partial charge on any atom is 0.414 e. The van der Waals surface area contributed by atoms with Crippen LogP contribution in [0.15, 0.2) is 41.5 Å². The van der Waals surface area contributed by atoms with E-state index in [9.17, 15) is 19.2 Å². The molecule has 158 valence electrons. The number of hydrogen-bond acceptors (Lipinski definition) is 7. The van der Waals surface area contributed by atoms with Crippen LogP contribution in [0.5, 0.6) is 0 Å². The van der Waals surface area contributed by atoms with Crippen LogP contribution in [0.1, 0.15) is 29.5 Å². The number of amides is 2. The number of hydrogen-bond donors (Lipinski definition) is 2. The van der Waals surface area contributed by atoms with Crippen molar-refractivity contribution in [3.63, 3.8) is 0 Å². The van der Waals surface area contributed by atoms with Gasteiger partial charge in [-0.2, -0.15) is 15.6 Å². The second-order valence-corrected chi connectivity index (χ2v) is 6.57. The molecule has 1 atom stereocenters. The number of alkyl carbamates (subject to hydrolysis) is 1. The number of nitriles is 2. The Hall–Kier alpha value is -3.95. The van der Waals surface area contributed by atoms with Crippen LogP contribution >= 0.6 is 11.6 Å². The quantitative estimate of drug-likeness (QED) is 0.515. The number of carbonyl (C=O) groups excluding carboxylic acids is 2. The van der Waals surface area contributed by atoms with Crippen molar-refractivity contribution in [3.05, 3.63) is 63.9 Å². The van der Waals surface area contributed by atoms with Crippen LogP contribution in [0.25, 0.3) is 0 Å². The molecule has 10 heteroatoms. The molecule has 8 nitrogen and oxygen atoms in total. The number of anilines is 1. The number of nitrogens with one attached hydrogen (secondary N) is 2. The smallest absolute Gasteiger partial charge is 0.414 e. The predicted octanol–water partition coefficient (Wildman–Crippen LogP) is 4.01. The molecule has 0 radical (unpaired) electrons. The van der Waals surface area contributed by atoms with Gasteiger partial charge in [0.15, 0.2) is 0 Å². The Kier molecular flexibility index (Phi) is 8.07. The highest BCUT2D eigenvalue weighted by atomic mass is 35.5. The van der Waals surface area contributed by atoms with Crippen LogP contribution in [-0.4, -0.2) is 24.3 Å². The number of benzene rings is 2. The molecular formula is C21H17ClFN5O3.